The van der Waals surface area contributed by atoms with Gasteiger partial charge in [-0.15, -0.1) is 6.58 Å². The van der Waals surface area contributed by atoms with Gasteiger partial charge in [-0.3, -0.25) is 0 Å². The maximum Gasteiger partial charge on any atom is 0.0577 e. The molecule has 82 valence electrons. The summed E-state index contributed by atoms with van der Waals surface area (Å²) in [7, 11) is 0. The van der Waals surface area contributed by atoms with E-state index < -0.39 is 0 Å². The van der Waals surface area contributed by atoms with Crippen molar-refractivity contribution in [1.29, 1.82) is 0 Å². The van der Waals surface area contributed by atoms with Crippen molar-refractivity contribution in [2.45, 2.75) is 52.6 Å². The van der Waals surface area contributed by atoms with Gasteiger partial charge in [-0.25, -0.2) is 0 Å². The number of hydrogen-bond acceptors (Lipinski definition) is 1. The van der Waals surface area contributed by atoms with Crippen LogP contribution in [0, 0.1) is 5.92 Å². The third kappa shape index (κ3) is 8.06. The summed E-state index contributed by atoms with van der Waals surface area (Å²) in [6, 6.07) is 0. The number of rotatable bonds is 7. The highest BCUT2D eigenvalue weighted by atomic mass is 16.3. The summed E-state index contributed by atoms with van der Waals surface area (Å²) in [5, 5.41) is 9.54. The molecule has 0 saturated carbocycles. The van der Waals surface area contributed by atoms with Gasteiger partial charge in [0, 0.05) is 0 Å². The van der Waals surface area contributed by atoms with Crippen LogP contribution in [0.4, 0.5) is 0 Å². The van der Waals surface area contributed by atoms with Crippen LogP contribution in [-0.2, 0) is 0 Å². The maximum atomic E-state index is 9.54. The molecule has 0 unspecified atom stereocenters. The lowest BCUT2D eigenvalue weighted by molar-refractivity contribution is 0.146. The van der Waals surface area contributed by atoms with Gasteiger partial charge < -0.3 is 5.11 Å². The Bertz CT molecular complexity index is 178. The van der Waals surface area contributed by atoms with Crippen molar-refractivity contribution in [3.05, 3.63) is 24.3 Å². The largest absolute Gasteiger partial charge is 0.393 e. The Balaban J connectivity index is 3.59. The number of aliphatic hydroxyl groups is 1. The molecule has 0 aliphatic rings. The molecule has 0 fully saturated rings. The van der Waals surface area contributed by atoms with Crippen LogP contribution in [0.15, 0.2) is 24.3 Å². The van der Waals surface area contributed by atoms with E-state index in [0.29, 0.717) is 12.3 Å². The van der Waals surface area contributed by atoms with Gasteiger partial charge in [-0.1, -0.05) is 24.6 Å². The SMILES string of the molecule is C=CC[C@@H](O)C[C@H](C)CCC=C(C)C. The van der Waals surface area contributed by atoms with E-state index in [1.54, 1.807) is 6.08 Å². The van der Waals surface area contributed by atoms with Gasteiger partial charge in [0.15, 0.2) is 0 Å². The van der Waals surface area contributed by atoms with Crippen molar-refractivity contribution in [3.8, 4) is 0 Å². The first-order chi connectivity index (χ1) is 6.56. The Labute approximate surface area is 88.5 Å². The molecule has 0 aliphatic carbocycles. The summed E-state index contributed by atoms with van der Waals surface area (Å²) < 4.78 is 0. The molecule has 0 amide bonds. The molecular formula is C13H24O. The van der Waals surface area contributed by atoms with Crippen LogP contribution in [-0.4, -0.2) is 11.2 Å². The Kier molecular flexibility index (Phi) is 7.50. The second kappa shape index (κ2) is 7.81. The van der Waals surface area contributed by atoms with Crippen molar-refractivity contribution in [1.82, 2.24) is 0 Å². The molecule has 0 spiro atoms. The van der Waals surface area contributed by atoms with E-state index in [2.05, 4.69) is 33.4 Å². The van der Waals surface area contributed by atoms with Gasteiger partial charge in [0.2, 0.25) is 0 Å². The minimum atomic E-state index is -0.200. The molecule has 1 nitrogen and oxygen atoms in total. The average molecular weight is 196 g/mol. The van der Waals surface area contributed by atoms with E-state index in [4.69, 9.17) is 0 Å². The number of allylic oxidation sites excluding steroid dienone is 2. The van der Waals surface area contributed by atoms with Crippen molar-refractivity contribution in [2.24, 2.45) is 5.92 Å². The third-order valence-corrected chi connectivity index (χ3v) is 2.33. The summed E-state index contributed by atoms with van der Waals surface area (Å²) in [5.74, 6) is 0.598. The highest BCUT2D eigenvalue weighted by Crippen LogP contribution is 2.15. The van der Waals surface area contributed by atoms with Crippen molar-refractivity contribution in [2.75, 3.05) is 0 Å². The minimum Gasteiger partial charge on any atom is -0.393 e. The fraction of sp³-hybridized carbons (Fsp3) is 0.692. The highest BCUT2D eigenvalue weighted by Gasteiger charge is 2.07. The second-order valence-corrected chi connectivity index (χ2v) is 4.38. The monoisotopic (exact) mass is 196 g/mol. The molecule has 0 aromatic rings. The fourth-order valence-electron chi connectivity index (χ4n) is 1.53. The van der Waals surface area contributed by atoms with Crippen LogP contribution in [0.3, 0.4) is 0 Å². The first kappa shape index (κ1) is 13.4. The Morgan fingerprint density at radius 2 is 2.07 bits per heavy atom. The first-order valence-corrected chi connectivity index (χ1v) is 5.48. The van der Waals surface area contributed by atoms with Crippen LogP contribution < -0.4 is 0 Å². The van der Waals surface area contributed by atoms with E-state index in [-0.39, 0.29) is 6.10 Å². The molecule has 1 heteroatoms. The fourth-order valence-corrected chi connectivity index (χ4v) is 1.53. The lowest BCUT2D eigenvalue weighted by Crippen LogP contribution is -2.10. The van der Waals surface area contributed by atoms with Gasteiger partial charge in [0.05, 0.1) is 6.10 Å². The molecule has 0 saturated heterocycles. The zero-order valence-electron chi connectivity index (χ0n) is 9.79. The summed E-state index contributed by atoms with van der Waals surface area (Å²) >= 11 is 0. The Morgan fingerprint density at radius 1 is 1.43 bits per heavy atom. The van der Waals surface area contributed by atoms with Crippen LogP contribution in [0.5, 0.6) is 0 Å². The van der Waals surface area contributed by atoms with Gasteiger partial charge in [-0.05, 0) is 45.4 Å². The third-order valence-electron chi connectivity index (χ3n) is 2.33. The Morgan fingerprint density at radius 3 is 2.57 bits per heavy atom. The van der Waals surface area contributed by atoms with E-state index in [0.717, 1.165) is 12.8 Å². The Hall–Kier alpha value is -0.560. The van der Waals surface area contributed by atoms with Crippen LogP contribution in [0.1, 0.15) is 46.5 Å². The summed E-state index contributed by atoms with van der Waals surface area (Å²) in [6.45, 7) is 10.1. The molecule has 2 atom stereocenters. The van der Waals surface area contributed by atoms with Gasteiger partial charge >= 0.3 is 0 Å². The van der Waals surface area contributed by atoms with Crippen molar-refractivity contribution >= 4 is 0 Å². The van der Waals surface area contributed by atoms with Crippen LogP contribution >= 0.6 is 0 Å². The lowest BCUT2D eigenvalue weighted by atomic mass is 9.96. The highest BCUT2D eigenvalue weighted by molar-refractivity contribution is 4.92. The van der Waals surface area contributed by atoms with Gasteiger partial charge in [-0.2, -0.15) is 0 Å². The lowest BCUT2D eigenvalue weighted by Gasteiger charge is -2.14. The summed E-state index contributed by atoms with van der Waals surface area (Å²) in [4.78, 5) is 0. The van der Waals surface area contributed by atoms with Gasteiger partial charge in [0.1, 0.15) is 0 Å². The molecule has 0 bridgehead atoms. The van der Waals surface area contributed by atoms with Crippen LogP contribution in [0.25, 0.3) is 0 Å². The van der Waals surface area contributed by atoms with Crippen molar-refractivity contribution in [3.63, 3.8) is 0 Å². The zero-order chi connectivity index (χ0) is 11.0. The molecule has 0 rings (SSSR count). The molecule has 1 N–H and O–H groups in total. The van der Waals surface area contributed by atoms with E-state index in [1.165, 1.54) is 12.0 Å². The van der Waals surface area contributed by atoms with Crippen molar-refractivity contribution < 1.29 is 5.11 Å². The standard InChI is InChI=1S/C13H24O/c1-5-7-13(14)10-12(4)9-6-8-11(2)3/h5,8,12-14H,1,6-7,9-10H2,2-4H3/t12-,13-/m1/s1. The minimum absolute atomic E-state index is 0.200. The molecule has 14 heavy (non-hydrogen) atoms. The number of aliphatic hydroxyl groups excluding tert-OH is 1. The molecule has 0 aromatic heterocycles. The quantitative estimate of drug-likeness (QED) is 0.616. The molecule has 0 aromatic carbocycles. The maximum absolute atomic E-state index is 9.54. The molecule has 0 radical (unpaired) electrons. The van der Waals surface area contributed by atoms with E-state index in [1.807, 2.05) is 0 Å². The van der Waals surface area contributed by atoms with E-state index >= 15 is 0 Å². The van der Waals surface area contributed by atoms with E-state index in [9.17, 15) is 5.11 Å². The predicted octanol–water partition coefficient (Wildman–Crippen LogP) is 3.70. The smallest absolute Gasteiger partial charge is 0.0577 e. The average Bonchev–Trinajstić information content (AvgIpc) is 2.03. The van der Waals surface area contributed by atoms with Crippen LogP contribution in [0.2, 0.25) is 0 Å². The molecule has 0 heterocycles. The zero-order valence-corrected chi connectivity index (χ0v) is 9.79. The second-order valence-electron chi connectivity index (χ2n) is 4.38. The topological polar surface area (TPSA) is 20.2 Å². The first-order valence-electron chi connectivity index (χ1n) is 5.48. The molecular weight excluding hydrogens is 172 g/mol. The van der Waals surface area contributed by atoms with Gasteiger partial charge in [0.25, 0.3) is 0 Å². The normalized spacial score (nSPS) is 14.6. The summed E-state index contributed by atoms with van der Waals surface area (Å²) in [5.41, 5.74) is 1.38. The molecule has 0 aliphatic heterocycles. The summed E-state index contributed by atoms with van der Waals surface area (Å²) in [6.07, 6.45) is 7.75. The predicted molar refractivity (Wildman–Crippen MR) is 63.3 cm³/mol. The number of hydrogen-bond donors (Lipinski definition) is 1.